The monoisotopic (exact) mass is 560 g/mol. The van der Waals surface area contributed by atoms with Gasteiger partial charge >= 0.3 is 5.97 Å². The van der Waals surface area contributed by atoms with Crippen LogP contribution in [0.15, 0.2) is 61.9 Å². The van der Waals surface area contributed by atoms with Crippen LogP contribution in [0.5, 0.6) is 11.5 Å². The SMILES string of the molecule is CCOC(=O)C1=C(C)N=c2s/c(=C/c3cc4c(cc3Br)OCO4)c(=O)n2C1c1ccc(Cl)cc1. The molecule has 2 aliphatic heterocycles. The Morgan fingerprint density at radius 3 is 2.71 bits per heavy atom. The largest absolute Gasteiger partial charge is 0.463 e. The van der Waals surface area contributed by atoms with Gasteiger partial charge in [-0.15, -0.1) is 0 Å². The topological polar surface area (TPSA) is 79.1 Å². The summed E-state index contributed by atoms with van der Waals surface area (Å²) in [7, 11) is 0. The van der Waals surface area contributed by atoms with Crippen LogP contribution in [0.1, 0.15) is 31.0 Å². The van der Waals surface area contributed by atoms with Crippen molar-refractivity contribution in [1.29, 1.82) is 0 Å². The van der Waals surface area contributed by atoms with Gasteiger partial charge in [0.05, 0.1) is 28.5 Å². The Bertz CT molecular complexity index is 1520. The van der Waals surface area contributed by atoms with E-state index in [1.165, 1.54) is 11.3 Å². The second kappa shape index (κ2) is 9.05. The summed E-state index contributed by atoms with van der Waals surface area (Å²) in [6.07, 6.45) is 1.78. The predicted octanol–water partition coefficient (Wildman–Crippen LogP) is 3.94. The molecule has 10 heteroatoms. The Hall–Kier alpha value is -2.88. The van der Waals surface area contributed by atoms with Gasteiger partial charge in [0.2, 0.25) is 6.79 Å². The molecule has 0 spiro atoms. The zero-order valence-corrected chi connectivity index (χ0v) is 21.3. The summed E-state index contributed by atoms with van der Waals surface area (Å²) in [5.41, 5.74) is 2.07. The molecular formula is C24H18BrClN2O5S. The highest BCUT2D eigenvalue weighted by Gasteiger charge is 2.33. The lowest BCUT2D eigenvalue weighted by molar-refractivity contribution is -0.139. The molecule has 0 saturated carbocycles. The predicted molar refractivity (Wildman–Crippen MR) is 132 cm³/mol. The van der Waals surface area contributed by atoms with Crippen LogP contribution in [-0.2, 0) is 9.53 Å². The lowest BCUT2D eigenvalue weighted by Crippen LogP contribution is -2.39. The quantitative estimate of drug-likeness (QED) is 0.451. The van der Waals surface area contributed by atoms with Crippen LogP contribution in [0.3, 0.4) is 0 Å². The van der Waals surface area contributed by atoms with Gasteiger partial charge in [0.25, 0.3) is 5.56 Å². The Balaban J connectivity index is 1.71. The van der Waals surface area contributed by atoms with E-state index in [0.717, 1.165) is 15.6 Å². The minimum absolute atomic E-state index is 0.157. The fourth-order valence-electron chi connectivity index (χ4n) is 3.94. The molecule has 3 aromatic rings. The standard InChI is InChI=1S/C24H18BrClN2O5S/c1-3-31-23(30)20-12(2)27-24-28(21(20)13-4-6-15(26)7-5-13)22(29)19(34-24)9-14-8-17-18(10-16(14)25)33-11-32-17/h4-10,21H,3,11H2,1-2H3/b19-9+. The molecule has 1 atom stereocenters. The van der Waals surface area contributed by atoms with Gasteiger partial charge in [-0.3, -0.25) is 9.36 Å². The van der Waals surface area contributed by atoms with E-state index in [0.29, 0.717) is 37.1 Å². The van der Waals surface area contributed by atoms with Gasteiger partial charge in [-0.1, -0.05) is 51.0 Å². The van der Waals surface area contributed by atoms with E-state index in [-0.39, 0.29) is 19.0 Å². The van der Waals surface area contributed by atoms with E-state index in [4.69, 9.17) is 25.8 Å². The summed E-state index contributed by atoms with van der Waals surface area (Å²) in [4.78, 5) is 31.7. The number of benzene rings is 2. The maximum atomic E-state index is 13.7. The molecule has 7 nitrogen and oxygen atoms in total. The Morgan fingerprint density at radius 2 is 2.00 bits per heavy atom. The first-order chi connectivity index (χ1) is 16.4. The van der Waals surface area contributed by atoms with Crippen LogP contribution in [0, 0.1) is 0 Å². The van der Waals surface area contributed by atoms with Crippen LogP contribution in [0.4, 0.5) is 0 Å². The average Bonchev–Trinajstić information content (AvgIpc) is 3.37. The van der Waals surface area contributed by atoms with Crippen molar-refractivity contribution >= 4 is 50.9 Å². The number of halogens is 2. The molecule has 0 saturated heterocycles. The number of allylic oxidation sites excluding steroid dienone is 1. The molecule has 34 heavy (non-hydrogen) atoms. The van der Waals surface area contributed by atoms with Crippen molar-refractivity contribution in [2.75, 3.05) is 13.4 Å². The number of carbonyl (C=O) groups is 1. The number of thiazole rings is 1. The molecule has 174 valence electrons. The lowest BCUT2D eigenvalue weighted by atomic mass is 9.96. The Morgan fingerprint density at radius 1 is 1.29 bits per heavy atom. The zero-order chi connectivity index (χ0) is 24.0. The summed E-state index contributed by atoms with van der Waals surface area (Å²) < 4.78 is 19.0. The summed E-state index contributed by atoms with van der Waals surface area (Å²) in [6.45, 7) is 3.86. The number of nitrogens with zero attached hydrogens (tertiary/aromatic N) is 2. The molecule has 0 N–H and O–H groups in total. The van der Waals surface area contributed by atoms with E-state index in [1.54, 1.807) is 48.8 Å². The molecule has 0 aliphatic carbocycles. The maximum Gasteiger partial charge on any atom is 0.338 e. The van der Waals surface area contributed by atoms with E-state index >= 15 is 0 Å². The number of hydrogen-bond donors (Lipinski definition) is 0. The second-order valence-electron chi connectivity index (χ2n) is 7.58. The molecule has 5 rings (SSSR count). The third kappa shape index (κ3) is 3.97. The van der Waals surface area contributed by atoms with E-state index in [2.05, 4.69) is 20.9 Å². The molecule has 3 heterocycles. The Labute approximate surface area is 211 Å². The summed E-state index contributed by atoms with van der Waals surface area (Å²) in [5, 5.41) is 0.558. The number of rotatable bonds is 4. The van der Waals surface area contributed by atoms with Crippen molar-refractivity contribution in [1.82, 2.24) is 4.57 Å². The van der Waals surface area contributed by atoms with Gasteiger partial charge in [0.15, 0.2) is 16.3 Å². The summed E-state index contributed by atoms with van der Waals surface area (Å²) in [6, 6.07) is 10.0. The molecule has 0 bridgehead atoms. The first-order valence-electron chi connectivity index (χ1n) is 10.4. The van der Waals surface area contributed by atoms with Crippen LogP contribution >= 0.6 is 38.9 Å². The molecule has 1 unspecified atom stereocenters. The van der Waals surface area contributed by atoms with E-state index in [9.17, 15) is 9.59 Å². The molecule has 0 amide bonds. The first-order valence-corrected chi connectivity index (χ1v) is 12.4. The highest BCUT2D eigenvalue weighted by atomic mass is 79.9. The fraction of sp³-hybridized carbons (Fsp3) is 0.208. The fourth-order valence-corrected chi connectivity index (χ4v) is 5.54. The van der Waals surface area contributed by atoms with Crippen LogP contribution < -0.4 is 24.4 Å². The molecule has 2 aromatic carbocycles. The van der Waals surface area contributed by atoms with E-state index in [1.807, 2.05) is 12.1 Å². The minimum atomic E-state index is -0.685. The van der Waals surface area contributed by atoms with Gasteiger partial charge in [-0.2, -0.15) is 0 Å². The number of fused-ring (bicyclic) bond motifs is 2. The van der Waals surface area contributed by atoms with Gasteiger partial charge < -0.3 is 14.2 Å². The number of aromatic nitrogens is 1. The van der Waals surface area contributed by atoms with Gasteiger partial charge in [0, 0.05) is 9.50 Å². The molecule has 1 aromatic heterocycles. The first kappa shape index (κ1) is 22.9. The van der Waals surface area contributed by atoms with Crippen molar-refractivity contribution in [2.24, 2.45) is 4.99 Å². The number of ether oxygens (including phenoxy) is 3. The maximum absolute atomic E-state index is 13.7. The van der Waals surface area contributed by atoms with E-state index < -0.39 is 12.0 Å². The number of hydrogen-bond acceptors (Lipinski definition) is 7. The van der Waals surface area contributed by atoms with Crippen molar-refractivity contribution in [2.45, 2.75) is 19.9 Å². The minimum Gasteiger partial charge on any atom is -0.463 e. The van der Waals surface area contributed by atoms with Gasteiger partial charge in [-0.05, 0) is 55.3 Å². The molecule has 0 radical (unpaired) electrons. The van der Waals surface area contributed by atoms with Crippen molar-refractivity contribution in [3.05, 3.63) is 88.0 Å². The smallest absolute Gasteiger partial charge is 0.338 e. The third-order valence-corrected chi connectivity index (χ3v) is 7.40. The lowest BCUT2D eigenvalue weighted by Gasteiger charge is -2.24. The normalized spacial score (nSPS) is 16.9. The number of esters is 1. The highest BCUT2D eigenvalue weighted by Crippen LogP contribution is 2.37. The van der Waals surface area contributed by atoms with Gasteiger partial charge in [-0.25, -0.2) is 9.79 Å². The van der Waals surface area contributed by atoms with Crippen LogP contribution in [0.25, 0.3) is 6.08 Å². The van der Waals surface area contributed by atoms with Crippen molar-refractivity contribution in [3.63, 3.8) is 0 Å². The molecule has 2 aliphatic rings. The molecule has 0 fully saturated rings. The van der Waals surface area contributed by atoms with Crippen molar-refractivity contribution < 1.29 is 19.0 Å². The van der Waals surface area contributed by atoms with Gasteiger partial charge in [0.1, 0.15) is 0 Å². The van der Waals surface area contributed by atoms with Crippen molar-refractivity contribution in [3.8, 4) is 11.5 Å². The summed E-state index contributed by atoms with van der Waals surface area (Å²) in [5.74, 6) is 0.751. The molecular weight excluding hydrogens is 544 g/mol. The third-order valence-electron chi connectivity index (χ3n) is 5.48. The average molecular weight is 562 g/mol. The second-order valence-corrected chi connectivity index (χ2v) is 9.88. The van der Waals surface area contributed by atoms with Crippen LogP contribution in [-0.4, -0.2) is 23.9 Å². The van der Waals surface area contributed by atoms with Crippen LogP contribution in [0.2, 0.25) is 5.02 Å². The number of carbonyl (C=O) groups excluding carboxylic acids is 1. The zero-order valence-electron chi connectivity index (χ0n) is 18.1. The Kier molecular flexibility index (Phi) is 6.09. The summed E-state index contributed by atoms with van der Waals surface area (Å²) >= 11 is 10.9. The highest BCUT2D eigenvalue weighted by molar-refractivity contribution is 9.10.